The van der Waals surface area contributed by atoms with Crippen LogP contribution in [0.5, 0.6) is 5.88 Å². The van der Waals surface area contributed by atoms with Crippen molar-refractivity contribution in [2.75, 3.05) is 7.11 Å². The number of ether oxygens (including phenoxy) is 1. The van der Waals surface area contributed by atoms with Crippen LogP contribution in [0.2, 0.25) is 0 Å². The Kier molecular flexibility index (Phi) is 4.93. The number of benzene rings is 1. The molecule has 0 bridgehead atoms. The smallest absolute Gasteiger partial charge is 0.216 e. The normalized spacial score (nSPS) is 12.2. The zero-order valence-corrected chi connectivity index (χ0v) is 13.9. The van der Waals surface area contributed by atoms with E-state index in [1.165, 1.54) is 17.5 Å². The second-order valence-electron chi connectivity index (χ2n) is 4.23. The molecule has 1 aromatic carbocycles. The lowest BCUT2D eigenvalue weighted by Crippen LogP contribution is -2.00. The highest BCUT2D eigenvalue weighted by molar-refractivity contribution is 9.10. The van der Waals surface area contributed by atoms with Crippen molar-refractivity contribution >= 4 is 31.9 Å². The van der Waals surface area contributed by atoms with Gasteiger partial charge in [0.2, 0.25) is 5.88 Å². The maximum atomic E-state index is 5.10. The third-order valence-corrected chi connectivity index (χ3v) is 4.58. The third-order valence-electron chi connectivity index (χ3n) is 2.84. The number of nitrogens with zero attached hydrogens (tertiary/aromatic N) is 2. The number of aromatic nitrogens is 2. The Hall–Kier alpha value is -0.940. The van der Waals surface area contributed by atoms with E-state index in [4.69, 9.17) is 4.74 Å². The molecule has 19 heavy (non-hydrogen) atoms. The van der Waals surface area contributed by atoms with Crippen LogP contribution in [0.4, 0.5) is 0 Å². The number of methoxy groups -OCH3 is 1. The number of aryl methyl sites for hydroxylation is 1. The molecule has 5 heteroatoms. The number of halogens is 2. The van der Waals surface area contributed by atoms with E-state index in [1.807, 2.05) is 6.07 Å². The molecule has 0 aliphatic rings. The Morgan fingerprint density at radius 2 is 2.05 bits per heavy atom. The fourth-order valence-corrected chi connectivity index (χ4v) is 2.63. The fraction of sp³-hybridized carbons (Fsp3) is 0.286. The highest BCUT2D eigenvalue weighted by atomic mass is 79.9. The lowest BCUT2D eigenvalue weighted by atomic mass is 10.1. The quantitative estimate of drug-likeness (QED) is 0.738. The van der Waals surface area contributed by atoms with E-state index in [9.17, 15) is 0 Å². The van der Waals surface area contributed by atoms with Gasteiger partial charge in [-0.3, -0.25) is 0 Å². The molecule has 1 atom stereocenters. The minimum absolute atomic E-state index is 0.221. The molecule has 0 fully saturated rings. The van der Waals surface area contributed by atoms with Gasteiger partial charge in [0.25, 0.3) is 0 Å². The molecule has 0 amide bonds. The molecule has 2 aromatic rings. The van der Waals surface area contributed by atoms with Crippen molar-refractivity contribution < 1.29 is 4.74 Å². The van der Waals surface area contributed by atoms with Gasteiger partial charge in [0.1, 0.15) is 6.33 Å². The molecule has 0 aliphatic heterocycles. The Balaban J connectivity index is 2.15. The summed E-state index contributed by atoms with van der Waals surface area (Å²) in [6.45, 7) is 2.08. The molecule has 3 nitrogen and oxygen atoms in total. The van der Waals surface area contributed by atoms with E-state index in [2.05, 4.69) is 67.0 Å². The van der Waals surface area contributed by atoms with Gasteiger partial charge >= 0.3 is 0 Å². The van der Waals surface area contributed by atoms with Crippen LogP contribution in [0, 0.1) is 6.92 Å². The average Bonchev–Trinajstić information content (AvgIpc) is 2.42. The Labute approximate surface area is 129 Å². The van der Waals surface area contributed by atoms with Gasteiger partial charge in [-0.25, -0.2) is 9.97 Å². The second kappa shape index (κ2) is 6.48. The largest absolute Gasteiger partial charge is 0.481 e. The predicted octanol–water partition coefficient (Wildman–Crippen LogP) is 4.23. The van der Waals surface area contributed by atoms with Gasteiger partial charge in [0.15, 0.2) is 0 Å². The first kappa shape index (κ1) is 14.5. The van der Waals surface area contributed by atoms with Crippen molar-refractivity contribution in [3.05, 3.63) is 51.9 Å². The molecule has 1 unspecified atom stereocenters. The van der Waals surface area contributed by atoms with Crippen molar-refractivity contribution in [2.24, 2.45) is 0 Å². The van der Waals surface area contributed by atoms with Crippen LogP contribution in [-0.4, -0.2) is 17.1 Å². The van der Waals surface area contributed by atoms with Crippen molar-refractivity contribution in [2.45, 2.75) is 18.2 Å². The van der Waals surface area contributed by atoms with E-state index in [0.717, 1.165) is 16.6 Å². The van der Waals surface area contributed by atoms with Crippen molar-refractivity contribution in [3.8, 4) is 5.88 Å². The lowest BCUT2D eigenvalue weighted by Gasteiger charge is -2.11. The first-order valence-corrected chi connectivity index (χ1v) is 7.56. The lowest BCUT2D eigenvalue weighted by molar-refractivity contribution is 0.396. The predicted molar refractivity (Wildman–Crippen MR) is 82.8 cm³/mol. The zero-order valence-electron chi connectivity index (χ0n) is 10.7. The van der Waals surface area contributed by atoms with Crippen molar-refractivity contribution in [1.82, 2.24) is 9.97 Å². The number of hydrogen-bond acceptors (Lipinski definition) is 3. The molecular weight excluding hydrogens is 372 g/mol. The van der Waals surface area contributed by atoms with Gasteiger partial charge in [0, 0.05) is 27.5 Å². The maximum absolute atomic E-state index is 5.10. The summed E-state index contributed by atoms with van der Waals surface area (Å²) in [6, 6.07) is 8.20. The van der Waals surface area contributed by atoms with E-state index >= 15 is 0 Å². The van der Waals surface area contributed by atoms with Crippen LogP contribution in [0.15, 0.2) is 35.1 Å². The zero-order chi connectivity index (χ0) is 13.8. The SMILES string of the molecule is COc1cc(CC(Br)c2ccc(Br)c(C)c2)ncn1. The highest BCUT2D eigenvalue weighted by Gasteiger charge is 2.11. The third kappa shape index (κ3) is 3.76. The van der Waals surface area contributed by atoms with Gasteiger partial charge in [0.05, 0.1) is 7.11 Å². The average molecular weight is 386 g/mol. The number of alkyl halides is 1. The first-order valence-electron chi connectivity index (χ1n) is 5.85. The maximum Gasteiger partial charge on any atom is 0.216 e. The van der Waals surface area contributed by atoms with E-state index < -0.39 is 0 Å². The van der Waals surface area contributed by atoms with Crippen molar-refractivity contribution in [3.63, 3.8) is 0 Å². The van der Waals surface area contributed by atoms with E-state index in [1.54, 1.807) is 7.11 Å². The summed E-state index contributed by atoms with van der Waals surface area (Å²) < 4.78 is 6.23. The summed E-state index contributed by atoms with van der Waals surface area (Å²) >= 11 is 7.22. The molecule has 2 rings (SSSR count). The monoisotopic (exact) mass is 384 g/mol. The highest BCUT2D eigenvalue weighted by Crippen LogP contribution is 2.29. The second-order valence-corrected chi connectivity index (χ2v) is 6.19. The van der Waals surface area contributed by atoms with E-state index in [0.29, 0.717) is 5.88 Å². The fourth-order valence-electron chi connectivity index (χ4n) is 1.76. The van der Waals surface area contributed by atoms with Gasteiger partial charge in [-0.05, 0) is 24.1 Å². The minimum atomic E-state index is 0.221. The Morgan fingerprint density at radius 3 is 2.74 bits per heavy atom. The van der Waals surface area contributed by atoms with Crippen LogP contribution < -0.4 is 4.74 Å². The topological polar surface area (TPSA) is 35.0 Å². The van der Waals surface area contributed by atoms with Gasteiger partial charge in [-0.15, -0.1) is 0 Å². The minimum Gasteiger partial charge on any atom is -0.481 e. The molecule has 0 saturated heterocycles. The number of rotatable bonds is 4. The molecule has 0 saturated carbocycles. The molecule has 0 aliphatic carbocycles. The van der Waals surface area contributed by atoms with Crippen LogP contribution in [0.3, 0.4) is 0 Å². The first-order chi connectivity index (χ1) is 9.10. The summed E-state index contributed by atoms with van der Waals surface area (Å²) in [6.07, 6.45) is 2.32. The molecule has 0 spiro atoms. The van der Waals surface area contributed by atoms with Gasteiger partial charge in [-0.2, -0.15) is 0 Å². The standard InChI is InChI=1S/C14H14Br2N2O/c1-9-5-10(3-4-12(9)15)13(16)6-11-7-14(19-2)18-8-17-11/h3-5,7-8,13H,6H2,1-2H3. The van der Waals surface area contributed by atoms with Crippen LogP contribution in [0.1, 0.15) is 21.6 Å². The molecule has 100 valence electrons. The molecule has 0 radical (unpaired) electrons. The molecular formula is C14H14Br2N2O. The van der Waals surface area contributed by atoms with Crippen molar-refractivity contribution in [1.29, 1.82) is 0 Å². The summed E-state index contributed by atoms with van der Waals surface area (Å²) in [7, 11) is 1.61. The summed E-state index contributed by atoms with van der Waals surface area (Å²) in [5, 5.41) is 0. The van der Waals surface area contributed by atoms with Crippen LogP contribution >= 0.6 is 31.9 Å². The van der Waals surface area contributed by atoms with Crippen LogP contribution in [0.25, 0.3) is 0 Å². The molecule has 0 N–H and O–H groups in total. The number of hydrogen-bond donors (Lipinski definition) is 0. The van der Waals surface area contributed by atoms with E-state index in [-0.39, 0.29) is 4.83 Å². The Morgan fingerprint density at radius 1 is 1.26 bits per heavy atom. The summed E-state index contributed by atoms with van der Waals surface area (Å²) in [5.41, 5.74) is 3.41. The molecule has 1 heterocycles. The summed E-state index contributed by atoms with van der Waals surface area (Å²) in [5.74, 6) is 0.594. The Bertz CT molecular complexity index is 575. The van der Waals surface area contributed by atoms with Gasteiger partial charge < -0.3 is 4.74 Å². The van der Waals surface area contributed by atoms with Gasteiger partial charge in [-0.1, -0.05) is 44.0 Å². The summed E-state index contributed by atoms with van der Waals surface area (Å²) in [4.78, 5) is 8.49. The van der Waals surface area contributed by atoms with Crippen LogP contribution in [-0.2, 0) is 6.42 Å². The molecule has 1 aromatic heterocycles.